The first-order valence-corrected chi connectivity index (χ1v) is 6.15. The Bertz CT molecular complexity index is 225. The topological polar surface area (TPSA) is 17.1 Å². The van der Waals surface area contributed by atoms with Crippen LogP contribution >= 0.6 is 0 Å². The number of hydrogen-bond acceptors (Lipinski definition) is 1. The highest BCUT2D eigenvalue weighted by molar-refractivity contribution is 5.84. The molecule has 0 aliphatic heterocycles. The zero-order valence-electron chi connectivity index (χ0n) is 9.51. The maximum absolute atomic E-state index is 12.2. The van der Waals surface area contributed by atoms with Crippen LogP contribution in [-0.4, -0.2) is 5.78 Å². The molecule has 0 N–H and O–H groups in total. The second-order valence-electron chi connectivity index (χ2n) is 5.82. The van der Waals surface area contributed by atoms with Crippen molar-refractivity contribution in [2.45, 2.75) is 58.8 Å². The van der Waals surface area contributed by atoms with Crippen molar-refractivity contribution in [3.8, 4) is 0 Å². The first-order chi connectivity index (χ1) is 6.61. The zero-order valence-corrected chi connectivity index (χ0v) is 9.51. The van der Waals surface area contributed by atoms with E-state index in [1.54, 1.807) is 0 Å². The molecule has 1 unspecified atom stereocenters. The average Bonchev–Trinajstić information content (AvgIpc) is 1.99. The van der Waals surface area contributed by atoms with E-state index in [1.165, 1.54) is 38.5 Å². The molecule has 80 valence electrons. The van der Waals surface area contributed by atoms with Crippen LogP contribution in [0, 0.1) is 17.3 Å². The van der Waals surface area contributed by atoms with Gasteiger partial charge in [-0.15, -0.1) is 0 Å². The largest absolute Gasteiger partial charge is 0.299 e. The molecule has 0 aromatic heterocycles. The van der Waals surface area contributed by atoms with Gasteiger partial charge in [-0.3, -0.25) is 4.79 Å². The summed E-state index contributed by atoms with van der Waals surface area (Å²) in [6, 6.07) is 0. The molecule has 0 saturated heterocycles. The molecule has 1 nitrogen and oxygen atoms in total. The number of carbonyl (C=O) groups is 1. The average molecular weight is 194 g/mol. The van der Waals surface area contributed by atoms with Gasteiger partial charge in [0, 0.05) is 11.8 Å². The van der Waals surface area contributed by atoms with E-state index in [2.05, 4.69) is 13.8 Å². The third-order valence-electron chi connectivity index (χ3n) is 4.36. The van der Waals surface area contributed by atoms with Gasteiger partial charge in [0.25, 0.3) is 0 Å². The van der Waals surface area contributed by atoms with Crippen molar-refractivity contribution in [2.75, 3.05) is 0 Å². The molecule has 2 aliphatic rings. The van der Waals surface area contributed by atoms with Crippen LogP contribution in [0.4, 0.5) is 0 Å². The molecule has 1 atom stereocenters. The van der Waals surface area contributed by atoms with Crippen molar-refractivity contribution < 1.29 is 4.79 Å². The molecule has 0 spiro atoms. The SMILES string of the molecule is CC1(C)CCCCC1C(=O)C1CCC1. The number of ketones is 1. The van der Waals surface area contributed by atoms with E-state index in [-0.39, 0.29) is 5.41 Å². The third kappa shape index (κ3) is 1.74. The molecule has 2 fully saturated rings. The van der Waals surface area contributed by atoms with Gasteiger partial charge >= 0.3 is 0 Å². The maximum atomic E-state index is 12.2. The molecular formula is C13H22O. The number of carbonyl (C=O) groups excluding carboxylic acids is 1. The molecular weight excluding hydrogens is 172 g/mol. The van der Waals surface area contributed by atoms with Gasteiger partial charge in [-0.25, -0.2) is 0 Å². The third-order valence-corrected chi connectivity index (χ3v) is 4.36. The highest BCUT2D eigenvalue weighted by Crippen LogP contribution is 2.44. The van der Waals surface area contributed by atoms with Crippen molar-refractivity contribution in [3.05, 3.63) is 0 Å². The lowest BCUT2D eigenvalue weighted by atomic mass is 9.63. The van der Waals surface area contributed by atoms with Crippen LogP contribution in [-0.2, 0) is 4.79 Å². The second-order valence-corrected chi connectivity index (χ2v) is 5.82. The Morgan fingerprint density at radius 2 is 1.79 bits per heavy atom. The molecule has 1 heteroatoms. The van der Waals surface area contributed by atoms with Gasteiger partial charge in [0.2, 0.25) is 0 Å². The van der Waals surface area contributed by atoms with Crippen molar-refractivity contribution in [3.63, 3.8) is 0 Å². The van der Waals surface area contributed by atoms with E-state index in [0.29, 0.717) is 17.6 Å². The fourth-order valence-electron chi connectivity index (χ4n) is 3.00. The Hall–Kier alpha value is -0.330. The minimum atomic E-state index is 0.283. The van der Waals surface area contributed by atoms with Gasteiger partial charge in [0.1, 0.15) is 5.78 Å². The summed E-state index contributed by atoms with van der Waals surface area (Å²) in [6.07, 6.45) is 8.62. The first kappa shape index (κ1) is 10.2. The maximum Gasteiger partial charge on any atom is 0.139 e. The van der Waals surface area contributed by atoms with Crippen LogP contribution in [0.25, 0.3) is 0 Å². The van der Waals surface area contributed by atoms with E-state index in [4.69, 9.17) is 0 Å². The van der Waals surface area contributed by atoms with Gasteiger partial charge in [-0.1, -0.05) is 33.1 Å². The molecule has 0 amide bonds. The van der Waals surface area contributed by atoms with Crippen LogP contribution in [0.15, 0.2) is 0 Å². The van der Waals surface area contributed by atoms with E-state index >= 15 is 0 Å². The quantitative estimate of drug-likeness (QED) is 0.656. The highest BCUT2D eigenvalue weighted by atomic mass is 16.1. The highest BCUT2D eigenvalue weighted by Gasteiger charge is 2.40. The van der Waals surface area contributed by atoms with Crippen LogP contribution in [0.3, 0.4) is 0 Å². The molecule has 0 aromatic rings. The lowest BCUT2D eigenvalue weighted by Crippen LogP contribution is -2.39. The Labute approximate surface area is 87.3 Å². The van der Waals surface area contributed by atoms with Gasteiger partial charge in [0.05, 0.1) is 0 Å². The fraction of sp³-hybridized carbons (Fsp3) is 0.923. The van der Waals surface area contributed by atoms with E-state index in [1.807, 2.05) is 0 Å². The van der Waals surface area contributed by atoms with Crippen LogP contribution < -0.4 is 0 Å². The van der Waals surface area contributed by atoms with Crippen molar-refractivity contribution in [2.24, 2.45) is 17.3 Å². The minimum absolute atomic E-state index is 0.283. The monoisotopic (exact) mass is 194 g/mol. The Kier molecular flexibility index (Phi) is 2.68. The summed E-state index contributed by atoms with van der Waals surface area (Å²) in [4.78, 5) is 12.2. The normalized spacial score (nSPS) is 32.3. The Morgan fingerprint density at radius 1 is 1.07 bits per heavy atom. The zero-order chi connectivity index (χ0) is 10.2. The molecule has 0 radical (unpaired) electrons. The molecule has 2 aliphatic carbocycles. The molecule has 2 rings (SSSR count). The minimum Gasteiger partial charge on any atom is -0.299 e. The smallest absolute Gasteiger partial charge is 0.139 e. The molecule has 2 saturated carbocycles. The first-order valence-electron chi connectivity index (χ1n) is 6.15. The Balaban J connectivity index is 2.03. The summed E-state index contributed by atoms with van der Waals surface area (Å²) in [5, 5.41) is 0. The summed E-state index contributed by atoms with van der Waals surface area (Å²) in [5.41, 5.74) is 0.283. The summed E-state index contributed by atoms with van der Waals surface area (Å²) < 4.78 is 0. The second kappa shape index (κ2) is 3.67. The van der Waals surface area contributed by atoms with Crippen LogP contribution in [0.1, 0.15) is 58.8 Å². The lowest BCUT2D eigenvalue weighted by molar-refractivity contribution is -0.134. The van der Waals surface area contributed by atoms with E-state index in [9.17, 15) is 4.79 Å². The summed E-state index contributed by atoms with van der Waals surface area (Å²) in [6.45, 7) is 4.57. The molecule has 14 heavy (non-hydrogen) atoms. The predicted molar refractivity (Wildman–Crippen MR) is 58.1 cm³/mol. The van der Waals surface area contributed by atoms with E-state index < -0.39 is 0 Å². The van der Waals surface area contributed by atoms with Gasteiger partial charge < -0.3 is 0 Å². The molecule has 0 heterocycles. The molecule has 0 aromatic carbocycles. The number of rotatable bonds is 2. The number of Topliss-reactive ketones (excluding diaryl/α,β-unsaturated/α-hetero) is 1. The summed E-state index contributed by atoms with van der Waals surface area (Å²) in [5.74, 6) is 1.42. The van der Waals surface area contributed by atoms with Crippen LogP contribution in [0.5, 0.6) is 0 Å². The van der Waals surface area contributed by atoms with Crippen molar-refractivity contribution in [1.82, 2.24) is 0 Å². The molecule has 0 bridgehead atoms. The van der Waals surface area contributed by atoms with Gasteiger partial charge in [-0.2, -0.15) is 0 Å². The lowest BCUT2D eigenvalue weighted by Gasteiger charge is -2.40. The van der Waals surface area contributed by atoms with Crippen LogP contribution in [0.2, 0.25) is 0 Å². The predicted octanol–water partition coefficient (Wildman–Crippen LogP) is 3.57. The number of hydrogen-bond donors (Lipinski definition) is 0. The van der Waals surface area contributed by atoms with E-state index in [0.717, 1.165) is 6.42 Å². The standard InChI is InChI=1S/C13H22O/c1-13(2)9-4-3-8-11(13)12(14)10-6-5-7-10/h10-11H,3-9H2,1-2H3. The summed E-state index contributed by atoms with van der Waals surface area (Å²) in [7, 11) is 0. The Morgan fingerprint density at radius 3 is 2.29 bits per heavy atom. The van der Waals surface area contributed by atoms with Gasteiger partial charge in [0.15, 0.2) is 0 Å². The fourth-order valence-corrected chi connectivity index (χ4v) is 3.00. The van der Waals surface area contributed by atoms with Gasteiger partial charge in [-0.05, 0) is 31.1 Å². The summed E-state index contributed by atoms with van der Waals surface area (Å²) >= 11 is 0. The van der Waals surface area contributed by atoms with Crippen molar-refractivity contribution >= 4 is 5.78 Å². The van der Waals surface area contributed by atoms with Crippen molar-refractivity contribution in [1.29, 1.82) is 0 Å².